The van der Waals surface area contributed by atoms with Crippen molar-refractivity contribution in [1.29, 1.82) is 0 Å². The van der Waals surface area contributed by atoms with Gasteiger partial charge in [0.25, 0.3) is 5.91 Å². The molecule has 4 nitrogen and oxygen atoms in total. The predicted molar refractivity (Wildman–Crippen MR) is 96.8 cm³/mol. The Balaban J connectivity index is 1.52. The lowest BCUT2D eigenvalue weighted by atomic mass is 10.2. The first-order valence-corrected chi connectivity index (χ1v) is 8.76. The molecule has 0 saturated carbocycles. The van der Waals surface area contributed by atoms with E-state index >= 15 is 0 Å². The molecule has 0 aliphatic carbocycles. The van der Waals surface area contributed by atoms with Crippen molar-refractivity contribution in [2.75, 3.05) is 13.2 Å². The van der Waals surface area contributed by atoms with Crippen LogP contribution in [0.5, 0.6) is 5.75 Å². The third kappa shape index (κ3) is 4.55. The molecular formula is C18H14ClFN2O2S. The van der Waals surface area contributed by atoms with Gasteiger partial charge in [-0.1, -0.05) is 35.9 Å². The molecule has 1 heterocycles. The number of halogens is 2. The maximum atomic E-state index is 13.4. The molecule has 0 spiro atoms. The van der Waals surface area contributed by atoms with Crippen LogP contribution in [-0.4, -0.2) is 24.0 Å². The standard InChI is InChI=1S/C18H14ClFN2O2S/c19-13-7-5-12(6-8-13)18-22-15(11-25-18)17(23)21-9-10-24-16-4-2-1-3-14(16)20/h1-8,11H,9-10H2,(H,21,23). The van der Waals surface area contributed by atoms with E-state index in [1.165, 1.54) is 23.5 Å². The molecular weight excluding hydrogens is 363 g/mol. The topological polar surface area (TPSA) is 51.2 Å². The summed E-state index contributed by atoms with van der Waals surface area (Å²) in [6.07, 6.45) is 0. The van der Waals surface area contributed by atoms with Gasteiger partial charge in [-0.15, -0.1) is 11.3 Å². The van der Waals surface area contributed by atoms with E-state index in [0.29, 0.717) is 10.7 Å². The van der Waals surface area contributed by atoms with Gasteiger partial charge in [0.15, 0.2) is 11.6 Å². The van der Waals surface area contributed by atoms with Crippen molar-refractivity contribution in [1.82, 2.24) is 10.3 Å². The van der Waals surface area contributed by atoms with Crippen LogP contribution >= 0.6 is 22.9 Å². The molecule has 0 aliphatic heterocycles. The zero-order valence-electron chi connectivity index (χ0n) is 13.0. The second-order valence-corrected chi connectivity index (χ2v) is 6.37. The van der Waals surface area contributed by atoms with Crippen LogP contribution < -0.4 is 10.1 Å². The molecule has 0 fully saturated rings. The summed E-state index contributed by atoms with van der Waals surface area (Å²) in [5.41, 5.74) is 1.23. The summed E-state index contributed by atoms with van der Waals surface area (Å²) < 4.78 is 18.7. The van der Waals surface area contributed by atoms with Gasteiger partial charge in [-0.25, -0.2) is 9.37 Å². The van der Waals surface area contributed by atoms with Gasteiger partial charge >= 0.3 is 0 Å². The van der Waals surface area contributed by atoms with Gasteiger partial charge in [-0.3, -0.25) is 4.79 Å². The Hall–Kier alpha value is -2.44. The molecule has 0 aliphatic rings. The Morgan fingerprint density at radius 3 is 2.72 bits per heavy atom. The Labute approximate surface area is 153 Å². The lowest BCUT2D eigenvalue weighted by molar-refractivity contribution is 0.0942. The number of aromatic nitrogens is 1. The van der Waals surface area contributed by atoms with Crippen LogP contribution in [-0.2, 0) is 0 Å². The summed E-state index contributed by atoms with van der Waals surface area (Å²) in [6, 6.07) is 13.4. The molecule has 25 heavy (non-hydrogen) atoms. The number of nitrogens with zero attached hydrogens (tertiary/aromatic N) is 1. The lowest BCUT2D eigenvalue weighted by Crippen LogP contribution is -2.28. The number of amides is 1. The van der Waals surface area contributed by atoms with Crippen molar-refractivity contribution in [3.8, 4) is 16.3 Å². The number of hydrogen-bond donors (Lipinski definition) is 1. The highest BCUT2D eigenvalue weighted by Gasteiger charge is 2.11. The Kier molecular flexibility index (Phi) is 5.63. The van der Waals surface area contributed by atoms with Crippen LogP contribution in [0, 0.1) is 5.82 Å². The van der Waals surface area contributed by atoms with Crippen molar-refractivity contribution < 1.29 is 13.9 Å². The van der Waals surface area contributed by atoms with E-state index in [1.807, 2.05) is 12.1 Å². The first-order chi connectivity index (χ1) is 12.1. The van der Waals surface area contributed by atoms with E-state index in [-0.39, 0.29) is 24.8 Å². The Morgan fingerprint density at radius 1 is 1.20 bits per heavy atom. The number of carbonyl (C=O) groups excluding carboxylic acids is 1. The van der Waals surface area contributed by atoms with Crippen LogP contribution in [0.4, 0.5) is 4.39 Å². The van der Waals surface area contributed by atoms with Gasteiger partial charge in [0.05, 0.1) is 6.54 Å². The van der Waals surface area contributed by atoms with E-state index in [9.17, 15) is 9.18 Å². The molecule has 7 heteroatoms. The number of thiazole rings is 1. The number of nitrogens with one attached hydrogen (secondary N) is 1. The zero-order valence-corrected chi connectivity index (χ0v) is 14.6. The maximum absolute atomic E-state index is 13.4. The third-order valence-corrected chi connectivity index (χ3v) is 4.45. The molecule has 0 radical (unpaired) electrons. The minimum atomic E-state index is -0.430. The smallest absolute Gasteiger partial charge is 0.270 e. The normalized spacial score (nSPS) is 10.5. The minimum Gasteiger partial charge on any atom is -0.489 e. The maximum Gasteiger partial charge on any atom is 0.270 e. The van der Waals surface area contributed by atoms with Gasteiger partial charge in [-0.05, 0) is 24.3 Å². The highest BCUT2D eigenvalue weighted by atomic mass is 35.5. The van der Waals surface area contributed by atoms with Crippen LogP contribution in [0.3, 0.4) is 0 Å². The highest BCUT2D eigenvalue weighted by Crippen LogP contribution is 2.25. The second kappa shape index (κ2) is 8.09. The zero-order chi connectivity index (χ0) is 17.6. The van der Waals surface area contributed by atoms with Gasteiger partial charge in [0.1, 0.15) is 17.3 Å². The second-order valence-electron chi connectivity index (χ2n) is 5.08. The molecule has 3 rings (SSSR count). The lowest BCUT2D eigenvalue weighted by Gasteiger charge is -2.07. The quantitative estimate of drug-likeness (QED) is 0.648. The van der Waals surface area contributed by atoms with E-state index in [4.69, 9.17) is 16.3 Å². The fourth-order valence-electron chi connectivity index (χ4n) is 2.08. The van der Waals surface area contributed by atoms with Gasteiger partial charge in [0.2, 0.25) is 0 Å². The summed E-state index contributed by atoms with van der Waals surface area (Å²) in [6.45, 7) is 0.418. The molecule has 0 unspecified atom stereocenters. The molecule has 0 bridgehead atoms. The summed E-state index contributed by atoms with van der Waals surface area (Å²) in [4.78, 5) is 16.4. The predicted octanol–water partition coefficient (Wildman–Crippen LogP) is 4.41. The van der Waals surface area contributed by atoms with Gasteiger partial charge < -0.3 is 10.1 Å². The van der Waals surface area contributed by atoms with Crippen molar-refractivity contribution in [2.45, 2.75) is 0 Å². The Morgan fingerprint density at radius 2 is 1.96 bits per heavy atom. The van der Waals surface area contributed by atoms with E-state index in [0.717, 1.165) is 10.6 Å². The largest absolute Gasteiger partial charge is 0.489 e. The Bertz CT molecular complexity index is 868. The van der Waals surface area contributed by atoms with E-state index in [1.54, 1.807) is 29.6 Å². The average Bonchev–Trinajstić information content (AvgIpc) is 3.11. The molecule has 0 atom stereocenters. The van der Waals surface area contributed by atoms with E-state index < -0.39 is 5.82 Å². The van der Waals surface area contributed by atoms with Crippen molar-refractivity contribution in [2.24, 2.45) is 0 Å². The summed E-state index contributed by atoms with van der Waals surface area (Å²) in [5.74, 6) is -0.565. The molecule has 1 aromatic heterocycles. The molecule has 1 amide bonds. The fourth-order valence-corrected chi connectivity index (χ4v) is 3.01. The molecule has 128 valence electrons. The number of hydrogen-bond acceptors (Lipinski definition) is 4. The molecule has 3 aromatic rings. The van der Waals surface area contributed by atoms with E-state index in [2.05, 4.69) is 10.3 Å². The number of rotatable bonds is 6. The number of para-hydroxylation sites is 1. The summed E-state index contributed by atoms with van der Waals surface area (Å²) >= 11 is 7.24. The van der Waals surface area contributed by atoms with Crippen LogP contribution in [0.25, 0.3) is 10.6 Å². The number of ether oxygens (including phenoxy) is 1. The van der Waals surface area contributed by atoms with Crippen LogP contribution in [0.2, 0.25) is 5.02 Å². The molecule has 0 saturated heterocycles. The molecule has 1 N–H and O–H groups in total. The minimum absolute atomic E-state index is 0.162. The monoisotopic (exact) mass is 376 g/mol. The van der Waals surface area contributed by atoms with Gasteiger partial charge in [0, 0.05) is 16.0 Å². The first-order valence-electron chi connectivity index (χ1n) is 7.50. The fraction of sp³-hybridized carbons (Fsp3) is 0.111. The van der Waals surface area contributed by atoms with Crippen LogP contribution in [0.1, 0.15) is 10.5 Å². The average molecular weight is 377 g/mol. The van der Waals surface area contributed by atoms with Crippen molar-refractivity contribution in [3.63, 3.8) is 0 Å². The summed E-state index contributed by atoms with van der Waals surface area (Å²) in [7, 11) is 0. The van der Waals surface area contributed by atoms with Crippen molar-refractivity contribution in [3.05, 3.63) is 70.4 Å². The van der Waals surface area contributed by atoms with Crippen LogP contribution in [0.15, 0.2) is 53.9 Å². The third-order valence-electron chi connectivity index (χ3n) is 3.31. The number of benzene rings is 2. The first kappa shape index (κ1) is 17.4. The van der Waals surface area contributed by atoms with Gasteiger partial charge in [-0.2, -0.15) is 0 Å². The SMILES string of the molecule is O=C(NCCOc1ccccc1F)c1csc(-c2ccc(Cl)cc2)n1. The molecule has 2 aromatic carbocycles. The van der Waals surface area contributed by atoms with Crippen molar-refractivity contribution >= 4 is 28.8 Å². The number of carbonyl (C=O) groups is 1. The summed E-state index contributed by atoms with van der Waals surface area (Å²) in [5, 5.41) is 5.78. The highest BCUT2D eigenvalue weighted by molar-refractivity contribution is 7.13.